The molecule has 2 heteroatoms. The van der Waals surface area contributed by atoms with Crippen molar-refractivity contribution in [2.24, 2.45) is 0 Å². The lowest BCUT2D eigenvalue weighted by atomic mass is 9.99. The van der Waals surface area contributed by atoms with E-state index in [1.165, 1.54) is 22.4 Å². The van der Waals surface area contributed by atoms with Gasteiger partial charge in [0.05, 0.1) is 0 Å². The van der Waals surface area contributed by atoms with Gasteiger partial charge in [0.15, 0.2) is 0 Å². The second-order valence-corrected chi connectivity index (χ2v) is 4.96. The smallest absolute Gasteiger partial charge is 0.115 e. The fourth-order valence-corrected chi connectivity index (χ4v) is 2.58. The van der Waals surface area contributed by atoms with Crippen LogP contribution in [0.2, 0.25) is 0 Å². The van der Waals surface area contributed by atoms with Gasteiger partial charge in [0.1, 0.15) is 5.75 Å². The molecule has 1 aliphatic rings. The quantitative estimate of drug-likeness (QED) is 0.825. The van der Waals surface area contributed by atoms with Crippen LogP contribution in [0.5, 0.6) is 5.75 Å². The molecule has 1 aliphatic heterocycles. The minimum absolute atomic E-state index is 0.373. The number of nitrogens with zero attached hydrogens (tertiary/aromatic N) is 1. The zero-order valence-corrected chi connectivity index (χ0v) is 10.6. The first kappa shape index (κ1) is 11.1. The summed E-state index contributed by atoms with van der Waals surface area (Å²) in [6.45, 7) is 4.07. The van der Waals surface area contributed by atoms with Gasteiger partial charge in [-0.15, -0.1) is 0 Å². The highest BCUT2D eigenvalue weighted by Gasteiger charge is 2.16. The molecule has 0 bridgehead atoms. The molecule has 0 aliphatic carbocycles. The van der Waals surface area contributed by atoms with Crippen molar-refractivity contribution in [1.82, 2.24) is 0 Å². The highest BCUT2D eigenvalue weighted by atomic mass is 16.3. The van der Waals surface area contributed by atoms with E-state index >= 15 is 0 Å². The van der Waals surface area contributed by atoms with E-state index in [1.807, 2.05) is 12.1 Å². The number of rotatable bonds is 1. The van der Waals surface area contributed by atoms with Crippen LogP contribution in [0.4, 0.5) is 5.69 Å². The van der Waals surface area contributed by atoms with E-state index in [0.29, 0.717) is 5.75 Å². The molecule has 0 unspecified atom stereocenters. The van der Waals surface area contributed by atoms with Crippen LogP contribution in [0.25, 0.3) is 0 Å². The van der Waals surface area contributed by atoms with Gasteiger partial charge in [-0.3, -0.25) is 0 Å². The number of hydrogen-bond donors (Lipinski definition) is 1. The van der Waals surface area contributed by atoms with Crippen LogP contribution in [0.3, 0.4) is 0 Å². The van der Waals surface area contributed by atoms with Crippen molar-refractivity contribution in [2.45, 2.75) is 19.9 Å². The fourth-order valence-electron chi connectivity index (χ4n) is 2.58. The Morgan fingerprint density at radius 3 is 2.78 bits per heavy atom. The predicted octanol–water partition coefficient (Wildman–Crippen LogP) is 3.26. The zero-order chi connectivity index (χ0) is 12.5. The summed E-state index contributed by atoms with van der Waals surface area (Å²) in [5.41, 5.74) is 5.18. The first-order valence-electron chi connectivity index (χ1n) is 6.35. The maximum absolute atomic E-state index is 9.49. The van der Waals surface area contributed by atoms with Crippen molar-refractivity contribution >= 4 is 5.69 Å². The lowest BCUT2D eigenvalue weighted by molar-refractivity contribution is 0.473. The molecule has 0 atom stereocenters. The summed E-state index contributed by atoms with van der Waals surface area (Å²) in [4.78, 5) is 2.40. The summed E-state index contributed by atoms with van der Waals surface area (Å²) < 4.78 is 0. The number of phenols is 1. The molecule has 2 aromatic carbocycles. The van der Waals surface area contributed by atoms with E-state index in [0.717, 1.165) is 19.5 Å². The van der Waals surface area contributed by atoms with Gasteiger partial charge >= 0.3 is 0 Å². The molecule has 0 saturated heterocycles. The van der Waals surface area contributed by atoms with Crippen molar-refractivity contribution in [3.05, 3.63) is 59.2 Å². The number of benzene rings is 2. The van der Waals surface area contributed by atoms with E-state index < -0.39 is 0 Å². The van der Waals surface area contributed by atoms with Crippen LogP contribution in [-0.2, 0) is 13.0 Å². The predicted molar refractivity (Wildman–Crippen MR) is 74.0 cm³/mol. The van der Waals surface area contributed by atoms with Gasteiger partial charge in [-0.2, -0.15) is 0 Å². The number of aryl methyl sites for hydroxylation is 1. The Labute approximate surface area is 107 Å². The second-order valence-electron chi connectivity index (χ2n) is 4.96. The van der Waals surface area contributed by atoms with Gasteiger partial charge in [-0.25, -0.2) is 0 Å². The number of hydrogen-bond acceptors (Lipinski definition) is 2. The van der Waals surface area contributed by atoms with Crippen molar-refractivity contribution in [3.63, 3.8) is 0 Å². The van der Waals surface area contributed by atoms with E-state index in [9.17, 15) is 5.11 Å². The van der Waals surface area contributed by atoms with Gasteiger partial charge < -0.3 is 10.0 Å². The molecular weight excluding hydrogens is 222 g/mol. The van der Waals surface area contributed by atoms with Crippen LogP contribution >= 0.6 is 0 Å². The molecule has 0 amide bonds. The monoisotopic (exact) mass is 239 g/mol. The number of anilines is 1. The Morgan fingerprint density at radius 1 is 1.06 bits per heavy atom. The third kappa shape index (κ3) is 2.06. The summed E-state index contributed by atoms with van der Waals surface area (Å²) in [7, 11) is 0. The largest absolute Gasteiger partial charge is 0.508 e. The number of aromatic hydroxyl groups is 1. The first-order chi connectivity index (χ1) is 8.72. The van der Waals surface area contributed by atoms with Crippen molar-refractivity contribution in [2.75, 3.05) is 11.4 Å². The van der Waals surface area contributed by atoms with Gasteiger partial charge in [0.25, 0.3) is 0 Å². The summed E-state index contributed by atoms with van der Waals surface area (Å²) in [5, 5.41) is 9.49. The van der Waals surface area contributed by atoms with Crippen molar-refractivity contribution in [1.29, 1.82) is 0 Å². The lowest BCUT2D eigenvalue weighted by Gasteiger charge is -2.31. The maximum Gasteiger partial charge on any atom is 0.115 e. The molecule has 0 radical (unpaired) electrons. The molecule has 2 aromatic rings. The molecule has 3 rings (SSSR count). The van der Waals surface area contributed by atoms with E-state index in [2.05, 4.69) is 36.1 Å². The van der Waals surface area contributed by atoms with Crippen LogP contribution in [0.15, 0.2) is 42.5 Å². The number of fused-ring (bicyclic) bond motifs is 1. The van der Waals surface area contributed by atoms with Crippen molar-refractivity contribution in [3.8, 4) is 5.75 Å². The summed E-state index contributed by atoms with van der Waals surface area (Å²) >= 11 is 0. The van der Waals surface area contributed by atoms with Gasteiger partial charge in [0.2, 0.25) is 0 Å². The highest BCUT2D eigenvalue weighted by molar-refractivity contribution is 5.51. The molecule has 0 fully saturated rings. The second kappa shape index (κ2) is 4.37. The van der Waals surface area contributed by atoms with Gasteiger partial charge in [-0.05, 0) is 54.3 Å². The molecule has 0 saturated carbocycles. The summed E-state index contributed by atoms with van der Waals surface area (Å²) in [6.07, 6.45) is 0.998. The minimum atomic E-state index is 0.373. The Bertz CT molecular complexity index is 577. The molecule has 92 valence electrons. The molecule has 0 spiro atoms. The third-order valence-electron chi connectivity index (χ3n) is 3.57. The maximum atomic E-state index is 9.49. The fraction of sp³-hybridized carbons (Fsp3) is 0.250. The van der Waals surface area contributed by atoms with Gasteiger partial charge in [0, 0.05) is 18.8 Å². The highest BCUT2D eigenvalue weighted by Crippen LogP contribution is 2.27. The molecule has 1 N–H and O–H groups in total. The normalized spacial score (nSPS) is 14.4. The average molecular weight is 239 g/mol. The van der Waals surface area contributed by atoms with E-state index in [-0.39, 0.29) is 0 Å². The van der Waals surface area contributed by atoms with E-state index in [1.54, 1.807) is 6.07 Å². The zero-order valence-electron chi connectivity index (χ0n) is 10.6. The lowest BCUT2D eigenvalue weighted by Crippen LogP contribution is -2.30. The van der Waals surface area contributed by atoms with Crippen molar-refractivity contribution < 1.29 is 5.11 Å². The van der Waals surface area contributed by atoms with Crippen LogP contribution in [-0.4, -0.2) is 11.7 Å². The van der Waals surface area contributed by atoms with Gasteiger partial charge in [-0.1, -0.05) is 18.2 Å². The van der Waals surface area contributed by atoms with Crippen LogP contribution in [0.1, 0.15) is 16.7 Å². The average Bonchev–Trinajstić information content (AvgIpc) is 2.38. The molecular formula is C16H17NO. The standard InChI is InChI=1S/C16H17NO/c1-12-3-2-4-15(9-12)17-8-7-13-10-16(18)6-5-14(13)11-17/h2-6,9-10,18H,7-8,11H2,1H3. The topological polar surface area (TPSA) is 23.5 Å². The Kier molecular flexibility index (Phi) is 2.71. The molecule has 1 heterocycles. The number of phenolic OH excluding ortho intramolecular Hbond substituents is 1. The first-order valence-corrected chi connectivity index (χ1v) is 6.35. The summed E-state index contributed by atoms with van der Waals surface area (Å²) in [5.74, 6) is 0.373. The third-order valence-corrected chi connectivity index (χ3v) is 3.57. The SMILES string of the molecule is Cc1cccc(N2CCc3cc(O)ccc3C2)c1. The van der Waals surface area contributed by atoms with E-state index in [4.69, 9.17) is 0 Å². The van der Waals surface area contributed by atoms with Crippen LogP contribution in [0, 0.1) is 6.92 Å². The Hall–Kier alpha value is -1.96. The Morgan fingerprint density at radius 2 is 1.94 bits per heavy atom. The summed E-state index contributed by atoms with van der Waals surface area (Å²) in [6, 6.07) is 14.3. The van der Waals surface area contributed by atoms with Crippen LogP contribution < -0.4 is 4.90 Å². The molecule has 18 heavy (non-hydrogen) atoms. The minimum Gasteiger partial charge on any atom is -0.508 e. The molecule has 2 nitrogen and oxygen atoms in total. The molecule has 0 aromatic heterocycles. The Balaban J connectivity index is 1.89.